The van der Waals surface area contributed by atoms with E-state index in [1.54, 1.807) is 11.3 Å². The predicted octanol–water partition coefficient (Wildman–Crippen LogP) is 4.15. The number of halogens is 1. The van der Waals surface area contributed by atoms with E-state index >= 15 is 0 Å². The molecule has 1 aromatic heterocycles. The lowest BCUT2D eigenvalue weighted by atomic mass is 10.2. The molecule has 0 N–H and O–H groups in total. The number of hydrogen-bond acceptors (Lipinski definition) is 1. The molecular formula is C11H9ClS. The summed E-state index contributed by atoms with van der Waals surface area (Å²) in [5.74, 6) is 0.601. The van der Waals surface area contributed by atoms with Gasteiger partial charge in [-0.15, -0.1) is 22.9 Å². The second-order valence-corrected chi connectivity index (χ2v) is 4.00. The van der Waals surface area contributed by atoms with E-state index in [0.717, 1.165) is 0 Å². The third-order valence-corrected chi connectivity index (χ3v) is 3.20. The third kappa shape index (κ3) is 1.93. The van der Waals surface area contributed by atoms with Crippen molar-refractivity contribution in [1.29, 1.82) is 0 Å². The van der Waals surface area contributed by atoms with Crippen molar-refractivity contribution in [3.63, 3.8) is 0 Å². The zero-order chi connectivity index (χ0) is 9.10. The molecule has 1 heterocycles. The van der Waals surface area contributed by atoms with E-state index in [0.29, 0.717) is 5.88 Å². The highest BCUT2D eigenvalue weighted by Gasteiger charge is 2.00. The van der Waals surface area contributed by atoms with Crippen molar-refractivity contribution in [2.24, 2.45) is 0 Å². The van der Waals surface area contributed by atoms with Gasteiger partial charge in [0.2, 0.25) is 0 Å². The van der Waals surface area contributed by atoms with E-state index in [9.17, 15) is 0 Å². The van der Waals surface area contributed by atoms with Crippen LogP contribution in [0, 0.1) is 0 Å². The van der Waals surface area contributed by atoms with Crippen LogP contribution >= 0.6 is 22.9 Å². The second kappa shape index (κ2) is 3.95. The normalized spacial score (nSPS) is 10.2. The molecule has 0 amide bonds. The van der Waals surface area contributed by atoms with Crippen LogP contribution in [0.15, 0.2) is 41.8 Å². The van der Waals surface area contributed by atoms with Crippen molar-refractivity contribution in [3.8, 4) is 10.4 Å². The van der Waals surface area contributed by atoms with E-state index in [1.807, 2.05) is 6.07 Å². The highest BCUT2D eigenvalue weighted by molar-refractivity contribution is 7.13. The summed E-state index contributed by atoms with van der Waals surface area (Å²) in [6, 6.07) is 12.5. The van der Waals surface area contributed by atoms with Crippen molar-refractivity contribution in [3.05, 3.63) is 47.3 Å². The maximum atomic E-state index is 5.73. The van der Waals surface area contributed by atoms with Crippen molar-refractivity contribution >= 4 is 22.9 Å². The van der Waals surface area contributed by atoms with Gasteiger partial charge in [-0.3, -0.25) is 0 Å². The van der Waals surface area contributed by atoms with Gasteiger partial charge < -0.3 is 0 Å². The minimum absolute atomic E-state index is 0.601. The fraction of sp³-hybridized carbons (Fsp3) is 0.0909. The fourth-order valence-electron chi connectivity index (χ4n) is 1.20. The van der Waals surface area contributed by atoms with Crippen LogP contribution in [0.2, 0.25) is 0 Å². The van der Waals surface area contributed by atoms with Crippen LogP contribution < -0.4 is 0 Å². The minimum atomic E-state index is 0.601. The zero-order valence-corrected chi connectivity index (χ0v) is 8.61. The molecule has 1 aromatic carbocycles. The summed E-state index contributed by atoms with van der Waals surface area (Å²) < 4.78 is 0. The molecule has 66 valence electrons. The van der Waals surface area contributed by atoms with Gasteiger partial charge in [0.25, 0.3) is 0 Å². The first kappa shape index (κ1) is 8.79. The maximum Gasteiger partial charge on any atom is 0.0482 e. The maximum absolute atomic E-state index is 5.73. The Balaban J connectivity index is 2.36. The molecule has 0 aliphatic carbocycles. The molecule has 0 atom stereocenters. The Labute approximate surface area is 86.8 Å². The van der Waals surface area contributed by atoms with Gasteiger partial charge >= 0.3 is 0 Å². The molecule has 0 saturated carbocycles. The Hall–Kier alpha value is -0.790. The number of thiophene rings is 1. The summed E-state index contributed by atoms with van der Waals surface area (Å²) in [5, 5.41) is 2.11. The molecule has 0 saturated heterocycles. The molecule has 2 heteroatoms. The van der Waals surface area contributed by atoms with Crippen LogP contribution in [0.3, 0.4) is 0 Å². The quantitative estimate of drug-likeness (QED) is 0.651. The standard InChI is InChI=1S/C11H9ClS/c12-7-9-6-11(13-8-9)10-4-2-1-3-5-10/h1-6,8H,7H2. The third-order valence-electron chi connectivity index (χ3n) is 1.87. The molecule has 2 rings (SSSR count). The number of rotatable bonds is 2. The van der Waals surface area contributed by atoms with E-state index in [-0.39, 0.29) is 0 Å². The number of hydrogen-bond donors (Lipinski definition) is 0. The number of alkyl halides is 1. The molecule has 0 unspecified atom stereocenters. The summed E-state index contributed by atoms with van der Waals surface area (Å²) in [6.07, 6.45) is 0. The monoisotopic (exact) mass is 208 g/mol. The first-order valence-corrected chi connectivity index (χ1v) is 5.50. The van der Waals surface area contributed by atoms with Crippen LogP contribution in [0.25, 0.3) is 10.4 Å². The van der Waals surface area contributed by atoms with Crippen LogP contribution in [-0.2, 0) is 5.88 Å². The Morgan fingerprint density at radius 3 is 2.54 bits per heavy atom. The average molecular weight is 209 g/mol. The van der Waals surface area contributed by atoms with E-state index in [1.165, 1.54) is 16.0 Å². The average Bonchev–Trinajstić information content (AvgIpc) is 2.67. The highest BCUT2D eigenvalue weighted by Crippen LogP contribution is 2.27. The van der Waals surface area contributed by atoms with Crippen molar-refractivity contribution in [2.75, 3.05) is 0 Å². The number of benzene rings is 1. The SMILES string of the molecule is ClCc1csc(-c2ccccc2)c1. The van der Waals surface area contributed by atoms with Crippen LogP contribution in [0.5, 0.6) is 0 Å². The van der Waals surface area contributed by atoms with Gasteiger partial charge in [0.1, 0.15) is 0 Å². The lowest BCUT2D eigenvalue weighted by Crippen LogP contribution is -1.70. The molecule has 0 fully saturated rings. The van der Waals surface area contributed by atoms with Gasteiger partial charge in [0.05, 0.1) is 0 Å². The Kier molecular flexibility index (Phi) is 2.67. The van der Waals surface area contributed by atoms with Gasteiger partial charge in [-0.05, 0) is 22.6 Å². The Morgan fingerprint density at radius 1 is 1.15 bits per heavy atom. The summed E-state index contributed by atoms with van der Waals surface area (Å²) >= 11 is 7.48. The van der Waals surface area contributed by atoms with Gasteiger partial charge in [-0.1, -0.05) is 30.3 Å². The van der Waals surface area contributed by atoms with Gasteiger partial charge in [0.15, 0.2) is 0 Å². The minimum Gasteiger partial charge on any atom is -0.143 e. The summed E-state index contributed by atoms with van der Waals surface area (Å²) in [6.45, 7) is 0. The van der Waals surface area contributed by atoms with E-state index in [4.69, 9.17) is 11.6 Å². The lowest BCUT2D eigenvalue weighted by Gasteiger charge is -1.93. The van der Waals surface area contributed by atoms with Crippen molar-refractivity contribution in [1.82, 2.24) is 0 Å². The van der Waals surface area contributed by atoms with Crippen molar-refractivity contribution < 1.29 is 0 Å². The van der Waals surface area contributed by atoms with Crippen LogP contribution in [0.4, 0.5) is 0 Å². The summed E-state index contributed by atoms with van der Waals surface area (Å²) in [7, 11) is 0. The highest BCUT2D eigenvalue weighted by atomic mass is 35.5. The lowest BCUT2D eigenvalue weighted by molar-refractivity contribution is 1.46. The smallest absolute Gasteiger partial charge is 0.0482 e. The first-order chi connectivity index (χ1) is 6.40. The molecule has 0 radical (unpaired) electrons. The molecule has 0 bridgehead atoms. The molecule has 0 aliphatic heterocycles. The first-order valence-electron chi connectivity index (χ1n) is 4.09. The van der Waals surface area contributed by atoms with Crippen LogP contribution in [0.1, 0.15) is 5.56 Å². The fourth-order valence-corrected chi connectivity index (χ4v) is 2.37. The van der Waals surface area contributed by atoms with E-state index < -0.39 is 0 Å². The Morgan fingerprint density at radius 2 is 1.92 bits per heavy atom. The van der Waals surface area contributed by atoms with Gasteiger partial charge in [-0.2, -0.15) is 0 Å². The molecule has 0 spiro atoms. The zero-order valence-electron chi connectivity index (χ0n) is 7.03. The molecule has 0 aliphatic rings. The van der Waals surface area contributed by atoms with E-state index in [2.05, 4.69) is 35.7 Å². The molecule has 13 heavy (non-hydrogen) atoms. The van der Waals surface area contributed by atoms with Crippen LogP contribution in [-0.4, -0.2) is 0 Å². The predicted molar refractivity (Wildman–Crippen MR) is 59.3 cm³/mol. The molecule has 0 nitrogen and oxygen atoms in total. The topological polar surface area (TPSA) is 0 Å². The molecule has 2 aromatic rings. The largest absolute Gasteiger partial charge is 0.143 e. The summed E-state index contributed by atoms with van der Waals surface area (Å²) in [5.41, 5.74) is 2.47. The molecular weight excluding hydrogens is 200 g/mol. The van der Waals surface area contributed by atoms with Crippen molar-refractivity contribution in [2.45, 2.75) is 5.88 Å². The van der Waals surface area contributed by atoms with Gasteiger partial charge in [-0.25, -0.2) is 0 Å². The van der Waals surface area contributed by atoms with Gasteiger partial charge in [0, 0.05) is 10.8 Å². The second-order valence-electron chi connectivity index (χ2n) is 2.82. The Bertz CT molecular complexity index is 378. The summed E-state index contributed by atoms with van der Waals surface area (Å²) in [4.78, 5) is 1.29.